The SMILES string of the molecule is Cc1ccc(-c2nc(C(=O)OC3c4ccccc4-c4ccccc43)cs2)cc1. The zero-order valence-electron chi connectivity index (χ0n) is 15.3. The molecule has 5 rings (SSSR count). The summed E-state index contributed by atoms with van der Waals surface area (Å²) in [5, 5.41) is 2.59. The van der Waals surface area contributed by atoms with E-state index in [0.29, 0.717) is 5.69 Å². The minimum Gasteiger partial charge on any atom is -0.448 e. The lowest BCUT2D eigenvalue weighted by Gasteiger charge is -2.14. The van der Waals surface area contributed by atoms with Gasteiger partial charge in [-0.2, -0.15) is 0 Å². The molecular formula is C24H17NO2S. The molecule has 1 heterocycles. The fourth-order valence-corrected chi connectivity index (χ4v) is 4.40. The number of rotatable bonds is 3. The highest BCUT2D eigenvalue weighted by Gasteiger charge is 2.31. The number of carbonyl (C=O) groups excluding carboxylic acids is 1. The Hall–Kier alpha value is -3.24. The minimum absolute atomic E-state index is 0.349. The summed E-state index contributed by atoms with van der Waals surface area (Å²) < 4.78 is 5.92. The summed E-state index contributed by atoms with van der Waals surface area (Å²) in [6.07, 6.45) is -0.399. The average molecular weight is 383 g/mol. The summed E-state index contributed by atoms with van der Waals surface area (Å²) in [7, 11) is 0. The number of esters is 1. The van der Waals surface area contributed by atoms with Gasteiger partial charge in [-0.1, -0.05) is 78.4 Å². The van der Waals surface area contributed by atoms with Crippen LogP contribution in [-0.2, 0) is 4.74 Å². The van der Waals surface area contributed by atoms with Crippen molar-refractivity contribution >= 4 is 17.3 Å². The predicted octanol–water partition coefficient (Wildman–Crippen LogP) is 6.05. The van der Waals surface area contributed by atoms with Crippen LogP contribution < -0.4 is 0 Å². The monoisotopic (exact) mass is 383 g/mol. The molecule has 0 aliphatic heterocycles. The molecule has 3 aromatic carbocycles. The van der Waals surface area contributed by atoms with E-state index in [1.54, 1.807) is 5.38 Å². The predicted molar refractivity (Wildman–Crippen MR) is 111 cm³/mol. The normalized spacial score (nSPS) is 12.5. The number of hydrogen-bond donors (Lipinski definition) is 0. The van der Waals surface area contributed by atoms with Crippen molar-refractivity contribution in [2.45, 2.75) is 13.0 Å². The third kappa shape index (κ3) is 2.83. The molecule has 0 bridgehead atoms. The van der Waals surface area contributed by atoms with Crippen LogP contribution >= 0.6 is 11.3 Å². The van der Waals surface area contributed by atoms with Gasteiger partial charge in [0.05, 0.1) is 0 Å². The average Bonchev–Trinajstić information content (AvgIpc) is 3.33. The fraction of sp³-hybridized carbons (Fsp3) is 0.0833. The highest BCUT2D eigenvalue weighted by molar-refractivity contribution is 7.13. The molecule has 3 nitrogen and oxygen atoms in total. The van der Waals surface area contributed by atoms with Crippen LogP contribution in [0.5, 0.6) is 0 Å². The number of aryl methyl sites for hydroxylation is 1. The molecule has 0 N–H and O–H groups in total. The number of hydrogen-bond acceptors (Lipinski definition) is 4. The first-order chi connectivity index (χ1) is 13.7. The molecule has 0 fully saturated rings. The lowest BCUT2D eigenvalue weighted by atomic mass is 10.1. The second-order valence-electron chi connectivity index (χ2n) is 6.86. The summed E-state index contributed by atoms with van der Waals surface area (Å²) in [6, 6.07) is 24.3. The van der Waals surface area contributed by atoms with Crippen molar-refractivity contribution in [3.05, 3.63) is 101 Å². The standard InChI is InChI=1S/C24H17NO2S/c1-15-10-12-16(13-11-15)23-25-21(14-28-23)24(26)27-22-19-8-4-2-6-17(19)18-7-3-5-9-20(18)22/h2-14,22H,1H3. The maximum atomic E-state index is 12.8. The molecule has 0 unspecified atom stereocenters. The largest absolute Gasteiger partial charge is 0.448 e. The molecular weight excluding hydrogens is 366 g/mol. The number of ether oxygens (including phenoxy) is 1. The molecule has 0 amide bonds. The molecule has 136 valence electrons. The number of benzene rings is 3. The Labute approximate surface area is 167 Å². The van der Waals surface area contributed by atoms with E-state index in [1.165, 1.54) is 16.9 Å². The molecule has 0 spiro atoms. The Bertz CT molecular complexity index is 1130. The number of aromatic nitrogens is 1. The van der Waals surface area contributed by atoms with Gasteiger partial charge in [-0.15, -0.1) is 11.3 Å². The summed E-state index contributed by atoms with van der Waals surface area (Å²) in [4.78, 5) is 17.3. The van der Waals surface area contributed by atoms with Crippen LogP contribution in [0.1, 0.15) is 33.3 Å². The van der Waals surface area contributed by atoms with Crippen molar-refractivity contribution in [3.8, 4) is 21.7 Å². The van der Waals surface area contributed by atoms with Crippen LogP contribution in [0.4, 0.5) is 0 Å². The van der Waals surface area contributed by atoms with Gasteiger partial charge in [-0.05, 0) is 18.1 Å². The van der Waals surface area contributed by atoms with E-state index in [4.69, 9.17) is 4.74 Å². The maximum Gasteiger partial charge on any atom is 0.358 e. The zero-order chi connectivity index (χ0) is 19.1. The van der Waals surface area contributed by atoms with Gasteiger partial charge in [-0.25, -0.2) is 9.78 Å². The van der Waals surface area contributed by atoms with Gasteiger partial charge in [0.1, 0.15) is 5.01 Å². The second kappa shape index (κ2) is 6.73. The lowest BCUT2D eigenvalue weighted by molar-refractivity contribution is 0.0380. The van der Waals surface area contributed by atoms with E-state index in [2.05, 4.69) is 17.1 Å². The van der Waals surface area contributed by atoms with Crippen molar-refractivity contribution < 1.29 is 9.53 Å². The van der Waals surface area contributed by atoms with E-state index >= 15 is 0 Å². The third-order valence-electron chi connectivity index (χ3n) is 5.01. The van der Waals surface area contributed by atoms with Gasteiger partial charge in [-0.3, -0.25) is 0 Å². The number of fused-ring (bicyclic) bond motifs is 3. The molecule has 1 aliphatic rings. The Morgan fingerprint density at radius 1 is 0.893 bits per heavy atom. The molecule has 28 heavy (non-hydrogen) atoms. The third-order valence-corrected chi connectivity index (χ3v) is 5.90. The van der Waals surface area contributed by atoms with Crippen molar-refractivity contribution in [2.24, 2.45) is 0 Å². The van der Waals surface area contributed by atoms with Crippen LogP contribution in [0.2, 0.25) is 0 Å². The van der Waals surface area contributed by atoms with Crippen LogP contribution in [-0.4, -0.2) is 11.0 Å². The number of thiazole rings is 1. The lowest BCUT2D eigenvalue weighted by Crippen LogP contribution is -2.11. The quantitative estimate of drug-likeness (QED) is 0.405. The Morgan fingerprint density at radius 2 is 1.50 bits per heavy atom. The topological polar surface area (TPSA) is 39.2 Å². The number of carbonyl (C=O) groups is 1. The van der Waals surface area contributed by atoms with Gasteiger partial charge in [0.15, 0.2) is 11.8 Å². The molecule has 1 aromatic heterocycles. The summed E-state index contributed by atoms with van der Waals surface area (Å²) in [5.41, 5.74) is 6.83. The summed E-state index contributed by atoms with van der Waals surface area (Å²) >= 11 is 1.45. The van der Waals surface area contributed by atoms with Crippen molar-refractivity contribution in [3.63, 3.8) is 0 Å². The molecule has 0 radical (unpaired) electrons. The van der Waals surface area contributed by atoms with Crippen LogP contribution in [0.3, 0.4) is 0 Å². The molecule has 0 atom stereocenters. The van der Waals surface area contributed by atoms with Gasteiger partial charge in [0.25, 0.3) is 0 Å². The fourth-order valence-electron chi connectivity index (χ4n) is 3.60. The van der Waals surface area contributed by atoms with Crippen molar-refractivity contribution in [1.82, 2.24) is 4.98 Å². The minimum atomic E-state index is -0.399. The molecule has 0 saturated heterocycles. The van der Waals surface area contributed by atoms with Crippen LogP contribution in [0, 0.1) is 6.92 Å². The Kier molecular flexibility index (Phi) is 4.06. The number of nitrogens with zero attached hydrogens (tertiary/aromatic N) is 1. The first-order valence-electron chi connectivity index (χ1n) is 9.12. The van der Waals surface area contributed by atoms with E-state index in [-0.39, 0.29) is 0 Å². The molecule has 0 saturated carbocycles. The first kappa shape index (κ1) is 16.9. The van der Waals surface area contributed by atoms with E-state index < -0.39 is 12.1 Å². The smallest absolute Gasteiger partial charge is 0.358 e. The summed E-state index contributed by atoms with van der Waals surface area (Å²) in [5.74, 6) is -0.397. The first-order valence-corrected chi connectivity index (χ1v) is 10.0. The molecule has 1 aliphatic carbocycles. The molecule has 4 aromatic rings. The second-order valence-corrected chi connectivity index (χ2v) is 7.72. The van der Waals surface area contributed by atoms with E-state index in [0.717, 1.165) is 32.8 Å². The van der Waals surface area contributed by atoms with E-state index in [9.17, 15) is 4.79 Å². The highest BCUT2D eigenvalue weighted by Crippen LogP contribution is 2.45. The van der Waals surface area contributed by atoms with Crippen molar-refractivity contribution in [2.75, 3.05) is 0 Å². The van der Waals surface area contributed by atoms with Crippen molar-refractivity contribution in [1.29, 1.82) is 0 Å². The van der Waals surface area contributed by atoms with Crippen LogP contribution in [0.15, 0.2) is 78.2 Å². The highest BCUT2D eigenvalue weighted by atomic mass is 32.1. The Balaban J connectivity index is 1.44. The molecule has 4 heteroatoms. The maximum absolute atomic E-state index is 12.8. The summed E-state index contributed by atoms with van der Waals surface area (Å²) in [6.45, 7) is 2.05. The van der Waals surface area contributed by atoms with E-state index in [1.807, 2.05) is 67.6 Å². The van der Waals surface area contributed by atoms with Gasteiger partial charge in [0.2, 0.25) is 0 Å². The Morgan fingerprint density at radius 3 is 2.14 bits per heavy atom. The van der Waals surface area contributed by atoms with Gasteiger partial charge >= 0.3 is 5.97 Å². The van der Waals surface area contributed by atoms with Gasteiger partial charge in [0, 0.05) is 22.1 Å². The van der Waals surface area contributed by atoms with Crippen LogP contribution in [0.25, 0.3) is 21.7 Å². The zero-order valence-corrected chi connectivity index (χ0v) is 16.1. The van der Waals surface area contributed by atoms with Gasteiger partial charge < -0.3 is 4.74 Å².